The van der Waals surface area contributed by atoms with Gasteiger partial charge in [-0.25, -0.2) is 0 Å². The monoisotopic (exact) mass is 342 g/mol. The smallest absolute Gasteiger partial charge is 0.263 e. The van der Waals surface area contributed by atoms with Gasteiger partial charge in [0.25, 0.3) is 11.5 Å². The van der Waals surface area contributed by atoms with Gasteiger partial charge in [-0.2, -0.15) is 5.10 Å². The van der Waals surface area contributed by atoms with Crippen LogP contribution in [0.3, 0.4) is 0 Å². The first-order valence-corrected chi connectivity index (χ1v) is 8.69. The summed E-state index contributed by atoms with van der Waals surface area (Å²) in [6.45, 7) is 9.09. The molecule has 2 aromatic rings. The fourth-order valence-corrected chi connectivity index (χ4v) is 3.33. The first-order valence-electron chi connectivity index (χ1n) is 8.69. The molecule has 6 nitrogen and oxygen atoms in total. The summed E-state index contributed by atoms with van der Waals surface area (Å²) >= 11 is 0. The third-order valence-corrected chi connectivity index (χ3v) is 5.26. The maximum absolute atomic E-state index is 12.6. The zero-order chi connectivity index (χ0) is 18.4. The molecule has 0 spiro atoms. The number of hydrogen-bond acceptors (Lipinski definition) is 3. The molecule has 25 heavy (non-hydrogen) atoms. The van der Waals surface area contributed by atoms with Gasteiger partial charge < -0.3 is 9.88 Å². The second-order valence-electron chi connectivity index (χ2n) is 7.48. The molecule has 1 aliphatic rings. The van der Waals surface area contributed by atoms with Crippen molar-refractivity contribution in [2.24, 2.45) is 12.5 Å². The van der Waals surface area contributed by atoms with Crippen LogP contribution in [-0.4, -0.2) is 26.8 Å². The minimum absolute atomic E-state index is 0.0583. The van der Waals surface area contributed by atoms with E-state index >= 15 is 0 Å². The van der Waals surface area contributed by atoms with Crippen molar-refractivity contribution in [3.8, 4) is 0 Å². The number of hydrogen-bond donors (Lipinski definition) is 1. The summed E-state index contributed by atoms with van der Waals surface area (Å²) in [4.78, 5) is 25.0. The highest BCUT2D eigenvalue weighted by Gasteiger charge is 2.43. The Labute approximate surface area is 147 Å². The molecule has 1 aliphatic carbocycles. The first kappa shape index (κ1) is 17.5. The molecule has 1 saturated carbocycles. The van der Waals surface area contributed by atoms with Crippen molar-refractivity contribution in [1.82, 2.24) is 19.7 Å². The normalized spacial score (nSPS) is 15.2. The van der Waals surface area contributed by atoms with Gasteiger partial charge in [0, 0.05) is 36.9 Å². The van der Waals surface area contributed by atoms with Crippen molar-refractivity contribution in [2.75, 3.05) is 6.54 Å². The molecule has 3 rings (SSSR count). The highest BCUT2D eigenvalue weighted by atomic mass is 16.2. The molecular weight excluding hydrogens is 316 g/mol. The van der Waals surface area contributed by atoms with Crippen molar-refractivity contribution < 1.29 is 4.79 Å². The van der Waals surface area contributed by atoms with Gasteiger partial charge in [-0.05, 0) is 58.2 Å². The van der Waals surface area contributed by atoms with Crippen LogP contribution < -0.4 is 10.9 Å². The zero-order valence-corrected chi connectivity index (χ0v) is 15.6. The summed E-state index contributed by atoms with van der Waals surface area (Å²) in [5.41, 5.74) is 3.79. The molecule has 0 aliphatic heterocycles. The summed E-state index contributed by atoms with van der Waals surface area (Å²) in [5, 5.41) is 7.50. The Morgan fingerprint density at radius 1 is 1.20 bits per heavy atom. The van der Waals surface area contributed by atoms with Crippen LogP contribution in [0.4, 0.5) is 0 Å². The fraction of sp³-hybridized carbons (Fsp3) is 0.526. The Hall–Kier alpha value is -2.37. The predicted octanol–water partition coefficient (Wildman–Crippen LogP) is 2.03. The van der Waals surface area contributed by atoms with E-state index in [0.29, 0.717) is 6.54 Å². The number of aryl methyl sites for hydroxylation is 4. The fourth-order valence-electron chi connectivity index (χ4n) is 3.33. The van der Waals surface area contributed by atoms with E-state index in [9.17, 15) is 9.59 Å². The Bertz CT molecular complexity index is 888. The van der Waals surface area contributed by atoms with E-state index in [1.165, 1.54) is 4.57 Å². The highest BCUT2D eigenvalue weighted by Crippen LogP contribution is 2.46. The second-order valence-corrected chi connectivity index (χ2v) is 7.48. The molecule has 2 heterocycles. The second kappa shape index (κ2) is 6.17. The molecule has 0 radical (unpaired) electrons. The molecule has 0 aromatic carbocycles. The zero-order valence-electron chi connectivity index (χ0n) is 15.6. The molecule has 0 atom stereocenters. The van der Waals surface area contributed by atoms with Crippen molar-refractivity contribution in [3.05, 3.63) is 50.7 Å². The lowest BCUT2D eigenvalue weighted by Crippen LogP contribution is -2.37. The van der Waals surface area contributed by atoms with Crippen molar-refractivity contribution >= 4 is 5.91 Å². The predicted molar refractivity (Wildman–Crippen MR) is 96.9 cm³/mol. The molecule has 0 unspecified atom stereocenters. The molecule has 1 amide bonds. The van der Waals surface area contributed by atoms with Gasteiger partial charge in [-0.15, -0.1) is 0 Å². The summed E-state index contributed by atoms with van der Waals surface area (Å²) in [6.07, 6.45) is 2.13. The highest BCUT2D eigenvalue weighted by molar-refractivity contribution is 5.95. The summed E-state index contributed by atoms with van der Waals surface area (Å²) in [5.74, 6) is -0.280. The molecule has 1 N–H and O–H groups in total. The van der Waals surface area contributed by atoms with Crippen LogP contribution in [0, 0.1) is 33.1 Å². The van der Waals surface area contributed by atoms with Gasteiger partial charge in [0.1, 0.15) is 5.56 Å². The van der Waals surface area contributed by atoms with Crippen molar-refractivity contribution in [1.29, 1.82) is 0 Å². The van der Waals surface area contributed by atoms with Gasteiger partial charge in [-0.3, -0.25) is 14.3 Å². The van der Waals surface area contributed by atoms with Gasteiger partial charge in [-0.1, -0.05) is 0 Å². The lowest BCUT2D eigenvalue weighted by atomic mass is 10.1. The molecule has 134 valence electrons. The van der Waals surface area contributed by atoms with Crippen molar-refractivity contribution in [3.63, 3.8) is 0 Å². The topological polar surface area (TPSA) is 68.9 Å². The van der Waals surface area contributed by atoms with Gasteiger partial charge in [0.2, 0.25) is 0 Å². The number of nitrogens with zero attached hydrogens (tertiary/aromatic N) is 3. The quantitative estimate of drug-likeness (QED) is 0.904. The van der Waals surface area contributed by atoms with Crippen LogP contribution >= 0.6 is 0 Å². The first-order chi connectivity index (χ1) is 11.7. The van der Waals surface area contributed by atoms with Crippen LogP contribution in [0.2, 0.25) is 0 Å². The molecule has 1 fully saturated rings. The molecule has 6 heteroatoms. The number of aromatic nitrogens is 3. The molecular formula is C19H26N4O2. The number of nitrogens with one attached hydrogen (secondary N) is 1. The van der Waals surface area contributed by atoms with Gasteiger partial charge in [0.15, 0.2) is 0 Å². The lowest BCUT2D eigenvalue weighted by molar-refractivity contribution is 0.0939. The van der Waals surface area contributed by atoms with E-state index in [1.54, 1.807) is 7.05 Å². The average molecular weight is 342 g/mol. The summed E-state index contributed by atoms with van der Waals surface area (Å²) in [7, 11) is 1.69. The maximum atomic E-state index is 12.6. The number of carbonyl (C=O) groups excluding carboxylic acids is 1. The van der Waals surface area contributed by atoms with Crippen LogP contribution in [0.25, 0.3) is 0 Å². The van der Waals surface area contributed by atoms with E-state index in [4.69, 9.17) is 0 Å². The van der Waals surface area contributed by atoms with Crippen LogP contribution in [-0.2, 0) is 13.6 Å². The molecule has 2 aromatic heterocycles. The molecule has 0 saturated heterocycles. The van der Waals surface area contributed by atoms with E-state index in [0.717, 1.165) is 42.0 Å². The Kier molecular flexibility index (Phi) is 4.31. The Balaban J connectivity index is 1.72. The van der Waals surface area contributed by atoms with E-state index in [1.807, 2.05) is 38.4 Å². The lowest BCUT2D eigenvalue weighted by Gasteiger charge is -2.18. The van der Waals surface area contributed by atoms with E-state index in [2.05, 4.69) is 16.5 Å². The number of pyridine rings is 1. The maximum Gasteiger partial charge on any atom is 0.263 e. The summed E-state index contributed by atoms with van der Waals surface area (Å²) in [6, 6.07) is 3.94. The van der Waals surface area contributed by atoms with Crippen LogP contribution in [0.5, 0.6) is 0 Å². The average Bonchev–Trinajstić information content (AvgIpc) is 3.22. The van der Waals surface area contributed by atoms with Crippen LogP contribution in [0.15, 0.2) is 16.9 Å². The SMILES string of the molecule is Cc1cc(C)n(CC2(CNC(=O)c3c(C)cc(C)n(C)c3=O)CC2)n1. The minimum atomic E-state index is -0.280. The van der Waals surface area contributed by atoms with E-state index < -0.39 is 0 Å². The third-order valence-electron chi connectivity index (χ3n) is 5.26. The minimum Gasteiger partial charge on any atom is -0.351 e. The number of carbonyl (C=O) groups is 1. The largest absolute Gasteiger partial charge is 0.351 e. The Morgan fingerprint density at radius 3 is 2.44 bits per heavy atom. The third kappa shape index (κ3) is 3.38. The van der Waals surface area contributed by atoms with Crippen molar-refractivity contribution in [2.45, 2.75) is 47.1 Å². The number of rotatable bonds is 5. The Morgan fingerprint density at radius 2 is 1.88 bits per heavy atom. The van der Waals surface area contributed by atoms with Crippen LogP contribution in [0.1, 0.15) is 45.8 Å². The van der Waals surface area contributed by atoms with E-state index in [-0.39, 0.29) is 22.4 Å². The van der Waals surface area contributed by atoms with Gasteiger partial charge >= 0.3 is 0 Å². The summed E-state index contributed by atoms with van der Waals surface area (Å²) < 4.78 is 3.54. The molecule has 0 bridgehead atoms. The standard InChI is InChI=1S/C19H26N4O2/c1-12-8-14(3)22(5)18(25)16(12)17(24)20-10-19(6-7-19)11-23-15(4)9-13(2)21-23/h8-9H,6-7,10-11H2,1-5H3,(H,20,24). The number of amides is 1. The van der Waals surface area contributed by atoms with Gasteiger partial charge in [0.05, 0.1) is 5.69 Å².